The molecule has 4 nitrogen and oxygen atoms in total. The van der Waals surface area contributed by atoms with Gasteiger partial charge >= 0.3 is 0 Å². The molecule has 1 heterocycles. The van der Waals surface area contributed by atoms with Crippen molar-refractivity contribution in [3.63, 3.8) is 0 Å². The minimum atomic E-state index is 0.0862. The van der Waals surface area contributed by atoms with Crippen molar-refractivity contribution >= 4 is 11.6 Å². The van der Waals surface area contributed by atoms with Crippen LogP contribution in [-0.4, -0.2) is 30.4 Å². The third-order valence-electron chi connectivity index (χ3n) is 4.17. The Morgan fingerprint density at radius 2 is 2.33 bits per heavy atom. The zero-order valence-electron chi connectivity index (χ0n) is 13.0. The Bertz CT molecular complexity index is 461. The molecule has 2 rings (SSSR count). The number of rotatable bonds is 7. The minimum absolute atomic E-state index is 0.0862. The molecule has 0 bridgehead atoms. The molecule has 1 fully saturated rings. The highest BCUT2D eigenvalue weighted by molar-refractivity contribution is 5.90. The molecule has 21 heavy (non-hydrogen) atoms. The van der Waals surface area contributed by atoms with E-state index in [-0.39, 0.29) is 5.91 Å². The van der Waals surface area contributed by atoms with E-state index in [9.17, 15) is 4.79 Å². The molecule has 116 valence electrons. The van der Waals surface area contributed by atoms with Crippen molar-refractivity contribution in [2.75, 3.05) is 25.0 Å². The van der Waals surface area contributed by atoms with Gasteiger partial charge < -0.3 is 16.0 Å². The van der Waals surface area contributed by atoms with E-state index < -0.39 is 0 Å². The third-order valence-corrected chi connectivity index (χ3v) is 4.17. The summed E-state index contributed by atoms with van der Waals surface area (Å²) in [6.07, 6.45) is 4.42. The Balaban J connectivity index is 1.72. The molecule has 1 saturated heterocycles. The molecule has 0 aliphatic carbocycles. The summed E-state index contributed by atoms with van der Waals surface area (Å²) >= 11 is 0. The van der Waals surface area contributed by atoms with E-state index in [2.05, 4.69) is 17.1 Å². The van der Waals surface area contributed by atoms with Gasteiger partial charge in [-0.05, 0) is 43.0 Å². The van der Waals surface area contributed by atoms with Gasteiger partial charge in [0, 0.05) is 31.7 Å². The lowest BCUT2D eigenvalue weighted by Gasteiger charge is -2.15. The van der Waals surface area contributed by atoms with Crippen LogP contribution in [0.25, 0.3) is 0 Å². The van der Waals surface area contributed by atoms with Crippen LogP contribution in [0.3, 0.4) is 0 Å². The van der Waals surface area contributed by atoms with Gasteiger partial charge in [0.1, 0.15) is 0 Å². The van der Waals surface area contributed by atoms with E-state index in [1.54, 1.807) is 0 Å². The summed E-state index contributed by atoms with van der Waals surface area (Å²) in [6, 6.07) is 7.73. The topological polar surface area (TPSA) is 58.4 Å². The van der Waals surface area contributed by atoms with Crippen LogP contribution in [0, 0.1) is 5.92 Å². The van der Waals surface area contributed by atoms with Crippen molar-refractivity contribution in [3.05, 3.63) is 29.8 Å². The zero-order chi connectivity index (χ0) is 15.1. The zero-order valence-corrected chi connectivity index (χ0v) is 13.0. The van der Waals surface area contributed by atoms with Gasteiger partial charge in [0.05, 0.1) is 0 Å². The van der Waals surface area contributed by atoms with Crippen molar-refractivity contribution in [1.29, 1.82) is 0 Å². The Hall–Kier alpha value is -1.39. The fraction of sp³-hybridized carbons (Fsp3) is 0.588. The summed E-state index contributed by atoms with van der Waals surface area (Å²) < 4.78 is 0. The van der Waals surface area contributed by atoms with E-state index in [0.717, 1.165) is 36.8 Å². The molecule has 4 heteroatoms. The highest BCUT2D eigenvalue weighted by atomic mass is 16.1. The Morgan fingerprint density at radius 1 is 1.48 bits per heavy atom. The van der Waals surface area contributed by atoms with E-state index >= 15 is 0 Å². The number of benzene rings is 1. The fourth-order valence-corrected chi connectivity index (χ4v) is 3.02. The highest BCUT2D eigenvalue weighted by Crippen LogP contribution is 2.20. The predicted octanol–water partition coefficient (Wildman–Crippen LogP) is 2.60. The van der Waals surface area contributed by atoms with Crippen molar-refractivity contribution in [2.24, 2.45) is 11.7 Å². The van der Waals surface area contributed by atoms with Crippen LogP contribution >= 0.6 is 0 Å². The molecule has 0 saturated carbocycles. The van der Waals surface area contributed by atoms with Crippen LogP contribution in [0.2, 0.25) is 0 Å². The molecule has 1 aromatic rings. The first kappa shape index (κ1) is 16.0. The molecule has 1 atom stereocenters. The van der Waals surface area contributed by atoms with Gasteiger partial charge in [0.15, 0.2) is 0 Å². The second-order valence-electron chi connectivity index (χ2n) is 5.95. The number of carbonyl (C=O) groups is 1. The number of anilines is 1. The first-order valence-electron chi connectivity index (χ1n) is 8.02. The molecular weight excluding hydrogens is 262 g/mol. The summed E-state index contributed by atoms with van der Waals surface area (Å²) in [5.41, 5.74) is 7.49. The van der Waals surface area contributed by atoms with E-state index in [4.69, 9.17) is 5.73 Å². The maximum Gasteiger partial charge on any atom is 0.225 e. The first-order valence-corrected chi connectivity index (χ1v) is 8.02. The Labute approximate surface area is 127 Å². The molecule has 0 aromatic heterocycles. The second kappa shape index (κ2) is 8.15. The van der Waals surface area contributed by atoms with Gasteiger partial charge in [0.2, 0.25) is 5.91 Å². The SMILES string of the molecule is CCCC1CCN(CCC(=O)Nc2cccc(CN)c2)C1. The van der Waals surface area contributed by atoms with E-state index in [0.29, 0.717) is 13.0 Å². The van der Waals surface area contributed by atoms with Crippen molar-refractivity contribution in [1.82, 2.24) is 4.90 Å². The maximum atomic E-state index is 12.0. The van der Waals surface area contributed by atoms with Crippen molar-refractivity contribution in [2.45, 2.75) is 39.2 Å². The smallest absolute Gasteiger partial charge is 0.225 e. The highest BCUT2D eigenvalue weighted by Gasteiger charge is 2.21. The summed E-state index contributed by atoms with van der Waals surface area (Å²) in [5.74, 6) is 0.919. The van der Waals surface area contributed by atoms with Crippen LogP contribution in [0.1, 0.15) is 38.2 Å². The number of nitrogens with two attached hydrogens (primary N) is 1. The number of hydrogen-bond donors (Lipinski definition) is 2. The third kappa shape index (κ3) is 5.14. The molecule has 1 unspecified atom stereocenters. The molecule has 1 aromatic carbocycles. The van der Waals surface area contributed by atoms with Gasteiger partial charge in [0.25, 0.3) is 0 Å². The van der Waals surface area contributed by atoms with Crippen LogP contribution in [0.5, 0.6) is 0 Å². The van der Waals surface area contributed by atoms with Crippen LogP contribution in [0.4, 0.5) is 5.69 Å². The molecule has 0 radical (unpaired) electrons. The normalized spacial score (nSPS) is 18.9. The van der Waals surface area contributed by atoms with Gasteiger partial charge in [-0.3, -0.25) is 4.79 Å². The van der Waals surface area contributed by atoms with Gasteiger partial charge in [-0.1, -0.05) is 25.5 Å². The average Bonchev–Trinajstić information content (AvgIpc) is 2.93. The lowest BCUT2D eigenvalue weighted by Crippen LogP contribution is -2.26. The summed E-state index contributed by atoms with van der Waals surface area (Å²) in [6.45, 7) is 5.90. The standard InChI is InChI=1S/C17H27N3O/c1-2-4-14-7-9-20(13-14)10-8-17(21)19-16-6-3-5-15(11-16)12-18/h3,5-6,11,14H,2,4,7-10,12-13,18H2,1H3,(H,19,21). The number of carbonyl (C=O) groups excluding carboxylic acids is 1. The molecular formula is C17H27N3O. The Morgan fingerprint density at radius 3 is 3.10 bits per heavy atom. The first-order chi connectivity index (χ1) is 10.2. The average molecular weight is 289 g/mol. The number of nitrogens with one attached hydrogen (secondary N) is 1. The second-order valence-corrected chi connectivity index (χ2v) is 5.95. The number of hydrogen-bond acceptors (Lipinski definition) is 3. The van der Waals surface area contributed by atoms with Crippen LogP contribution < -0.4 is 11.1 Å². The van der Waals surface area contributed by atoms with Gasteiger partial charge in [-0.25, -0.2) is 0 Å². The molecule has 1 aliphatic heterocycles. The Kier molecular flexibility index (Phi) is 6.21. The number of amides is 1. The monoisotopic (exact) mass is 289 g/mol. The van der Waals surface area contributed by atoms with E-state index in [1.165, 1.54) is 19.3 Å². The van der Waals surface area contributed by atoms with Crippen molar-refractivity contribution in [3.8, 4) is 0 Å². The molecule has 0 spiro atoms. The fourth-order valence-electron chi connectivity index (χ4n) is 3.02. The largest absolute Gasteiger partial charge is 0.326 e. The van der Waals surface area contributed by atoms with Crippen LogP contribution in [-0.2, 0) is 11.3 Å². The summed E-state index contributed by atoms with van der Waals surface area (Å²) in [5, 5.41) is 2.96. The molecule has 1 amide bonds. The van der Waals surface area contributed by atoms with Crippen molar-refractivity contribution < 1.29 is 4.79 Å². The maximum absolute atomic E-state index is 12.0. The lowest BCUT2D eigenvalue weighted by molar-refractivity contribution is -0.116. The minimum Gasteiger partial charge on any atom is -0.326 e. The molecule has 1 aliphatic rings. The summed E-state index contributed by atoms with van der Waals surface area (Å²) in [7, 11) is 0. The van der Waals surface area contributed by atoms with Gasteiger partial charge in [-0.15, -0.1) is 0 Å². The number of nitrogens with zero attached hydrogens (tertiary/aromatic N) is 1. The predicted molar refractivity (Wildman–Crippen MR) is 87.0 cm³/mol. The number of likely N-dealkylation sites (tertiary alicyclic amines) is 1. The quantitative estimate of drug-likeness (QED) is 0.811. The van der Waals surface area contributed by atoms with E-state index in [1.807, 2.05) is 24.3 Å². The summed E-state index contributed by atoms with van der Waals surface area (Å²) in [4.78, 5) is 14.4. The van der Waals surface area contributed by atoms with Crippen LogP contribution in [0.15, 0.2) is 24.3 Å². The molecule has 3 N–H and O–H groups in total. The van der Waals surface area contributed by atoms with Gasteiger partial charge in [-0.2, -0.15) is 0 Å². The lowest BCUT2D eigenvalue weighted by atomic mass is 10.0.